The highest BCUT2D eigenvalue weighted by atomic mass is 16.1. The average molecular weight is 357 g/mol. The van der Waals surface area contributed by atoms with Crippen LogP contribution in [0.2, 0.25) is 0 Å². The maximum atomic E-state index is 13.7. The molecule has 2 atom stereocenters. The molecule has 0 saturated carbocycles. The van der Waals surface area contributed by atoms with Gasteiger partial charge in [-0.3, -0.25) is 4.79 Å². The Morgan fingerprint density at radius 1 is 0.731 bits per heavy atom. The fourth-order valence-electron chi connectivity index (χ4n) is 4.37. The Hall–Kier alpha value is -1.11. The molecule has 0 aromatic carbocycles. The van der Waals surface area contributed by atoms with Gasteiger partial charge in [0.05, 0.1) is 5.92 Å². The third-order valence-corrected chi connectivity index (χ3v) is 6.24. The van der Waals surface area contributed by atoms with Crippen molar-refractivity contribution in [1.29, 1.82) is 0 Å². The summed E-state index contributed by atoms with van der Waals surface area (Å²) in [7, 11) is 0. The minimum Gasteiger partial charge on any atom is -0.294 e. The Kier molecular flexibility index (Phi) is 4.64. The first-order chi connectivity index (χ1) is 11.3. The molecular formula is C25H40O. The van der Waals surface area contributed by atoms with E-state index in [0.717, 1.165) is 5.57 Å². The maximum Gasteiger partial charge on any atom is 0.167 e. The molecule has 0 amide bonds. The second-order valence-corrected chi connectivity index (χ2v) is 12.5. The molecule has 2 aliphatic carbocycles. The zero-order valence-corrected chi connectivity index (χ0v) is 19.2. The molecule has 2 aliphatic rings. The van der Waals surface area contributed by atoms with E-state index in [2.05, 4.69) is 101 Å². The minimum atomic E-state index is -0.257. The summed E-state index contributed by atoms with van der Waals surface area (Å²) in [6.45, 7) is 26.9. The van der Waals surface area contributed by atoms with E-state index in [1.165, 1.54) is 11.1 Å². The molecule has 0 saturated heterocycles. The van der Waals surface area contributed by atoms with Gasteiger partial charge in [0.2, 0.25) is 0 Å². The molecule has 1 heteroatoms. The van der Waals surface area contributed by atoms with E-state index in [-0.39, 0.29) is 33.0 Å². The van der Waals surface area contributed by atoms with Crippen LogP contribution in [0.5, 0.6) is 0 Å². The maximum absolute atomic E-state index is 13.7. The fourth-order valence-corrected chi connectivity index (χ4v) is 4.37. The number of Topliss-reactive ketones (excluding diaryl/α,β-unsaturated/α-hetero) is 1. The molecule has 2 rings (SSSR count). The molecule has 0 aromatic heterocycles. The lowest BCUT2D eigenvalue weighted by Gasteiger charge is -2.49. The van der Waals surface area contributed by atoms with E-state index >= 15 is 0 Å². The van der Waals surface area contributed by atoms with E-state index in [1.807, 2.05) is 0 Å². The summed E-state index contributed by atoms with van der Waals surface area (Å²) in [4.78, 5) is 13.7. The zero-order chi connectivity index (χ0) is 20.5. The number of ketones is 1. The van der Waals surface area contributed by atoms with Gasteiger partial charge in [-0.25, -0.2) is 0 Å². The van der Waals surface area contributed by atoms with Crippen molar-refractivity contribution in [3.63, 3.8) is 0 Å². The van der Waals surface area contributed by atoms with Crippen molar-refractivity contribution in [1.82, 2.24) is 0 Å². The molecule has 0 N–H and O–H groups in total. The molecule has 0 spiro atoms. The normalized spacial score (nSPS) is 27.8. The Morgan fingerprint density at radius 2 is 1.23 bits per heavy atom. The number of hydrogen-bond donors (Lipinski definition) is 0. The van der Waals surface area contributed by atoms with Crippen molar-refractivity contribution in [2.45, 2.75) is 83.1 Å². The van der Waals surface area contributed by atoms with Crippen LogP contribution >= 0.6 is 0 Å². The van der Waals surface area contributed by atoms with E-state index < -0.39 is 0 Å². The Balaban J connectivity index is 2.90. The average Bonchev–Trinajstić information content (AvgIpc) is 2.70. The summed E-state index contributed by atoms with van der Waals surface area (Å²) in [5.41, 5.74) is 3.23. The Morgan fingerprint density at radius 3 is 1.58 bits per heavy atom. The molecule has 0 heterocycles. The monoisotopic (exact) mass is 356 g/mol. The van der Waals surface area contributed by atoms with Gasteiger partial charge in [-0.15, -0.1) is 0 Å². The summed E-state index contributed by atoms with van der Waals surface area (Å²) >= 11 is 0. The number of hydrogen-bond acceptors (Lipinski definition) is 1. The number of carbonyl (C=O) groups is 1. The first-order valence-electron chi connectivity index (χ1n) is 10.1. The Labute approximate surface area is 162 Å². The van der Waals surface area contributed by atoms with Crippen molar-refractivity contribution in [2.75, 3.05) is 0 Å². The first-order valence-corrected chi connectivity index (χ1v) is 10.1. The second-order valence-electron chi connectivity index (χ2n) is 12.5. The van der Waals surface area contributed by atoms with Gasteiger partial charge < -0.3 is 0 Å². The number of fused-ring (bicyclic) bond motifs is 1. The molecule has 0 fully saturated rings. The van der Waals surface area contributed by atoms with Gasteiger partial charge in [-0.2, -0.15) is 0 Å². The lowest BCUT2D eigenvalue weighted by atomic mass is 9.53. The minimum absolute atomic E-state index is 0.0389. The molecule has 0 radical (unpaired) electrons. The van der Waals surface area contributed by atoms with Gasteiger partial charge in [-0.05, 0) is 32.8 Å². The highest BCUT2D eigenvalue weighted by Gasteiger charge is 2.58. The largest absolute Gasteiger partial charge is 0.294 e. The van der Waals surface area contributed by atoms with Crippen molar-refractivity contribution < 1.29 is 4.79 Å². The second kappa shape index (κ2) is 5.69. The highest BCUT2D eigenvalue weighted by molar-refractivity contribution is 6.04. The van der Waals surface area contributed by atoms with Crippen LogP contribution < -0.4 is 0 Å². The fraction of sp³-hybridized carbons (Fsp3) is 0.720. The van der Waals surface area contributed by atoms with Crippen molar-refractivity contribution >= 4 is 5.78 Å². The van der Waals surface area contributed by atoms with Gasteiger partial charge >= 0.3 is 0 Å². The molecule has 0 aliphatic heterocycles. The SMILES string of the molecule is CC(C)(C)C1=CC2(C(C)(C)C)C=C(C(C)(C)C)C(=O)C2C(C(C)(C)C)=C1. The standard InChI is InChI=1S/C25H40O/c1-21(2,3)16-13-17(22(4,5)6)19-20(26)18(23(7,8)9)15-25(19,14-16)24(10,11)12/h13-15,19H,1-12H3. The van der Waals surface area contributed by atoms with Crippen LogP contribution in [-0.2, 0) is 4.79 Å². The first kappa shape index (κ1) is 21.2. The third kappa shape index (κ3) is 3.27. The van der Waals surface area contributed by atoms with Crippen molar-refractivity contribution in [2.24, 2.45) is 33.0 Å². The molecule has 2 unspecified atom stereocenters. The van der Waals surface area contributed by atoms with Crippen LogP contribution in [0.4, 0.5) is 0 Å². The van der Waals surface area contributed by atoms with Gasteiger partial charge in [0.1, 0.15) is 0 Å². The Bertz CT molecular complexity index is 699. The zero-order valence-electron chi connectivity index (χ0n) is 19.2. The summed E-state index contributed by atoms with van der Waals surface area (Å²) in [6, 6.07) is 0. The van der Waals surface area contributed by atoms with E-state index in [4.69, 9.17) is 0 Å². The molecule has 0 bridgehead atoms. The number of allylic oxidation sites excluding steroid dienone is 6. The molecule has 26 heavy (non-hydrogen) atoms. The smallest absolute Gasteiger partial charge is 0.167 e. The molecular weight excluding hydrogens is 316 g/mol. The predicted molar refractivity (Wildman–Crippen MR) is 113 cm³/mol. The van der Waals surface area contributed by atoms with Crippen LogP contribution in [0.3, 0.4) is 0 Å². The highest BCUT2D eigenvalue weighted by Crippen LogP contribution is 2.62. The van der Waals surface area contributed by atoms with Crippen LogP contribution in [0.25, 0.3) is 0 Å². The van der Waals surface area contributed by atoms with Crippen LogP contribution in [0, 0.1) is 33.0 Å². The lowest BCUT2D eigenvalue weighted by Crippen LogP contribution is -2.45. The number of carbonyl (C=O) groups excluding carboxylic acids is 1. The van der Waals surface area contributed by atoms with E-state index in [0.29, 0.717) is 5.78 Å². The van der Waals surface area contributed by atoms with Crippen LogP contribution in [0.1, 0.15) is 83.1 Å². The van der Waals surface area contributed by atoms with Crippen molar-refractivity contribution in [3.05, 3.63) is 34.9 Å². The van der Waals surface area contributed by atoms with Gasteiger partial charge in [0, 0.05) is 5.41 Å². The molecule has 146 valence electrons. The number of rotatable bonds is 0. The topological polar surface area (TPSA) is 17.1 Å². The van der Waals surface area contributed by atoms with E-state index in [9.17, 15) is 4.79 Å². The quantitative estimate of drug-likeness (QED) is 0.450. The van der Waals surface area contributed by atoms with Gasteiger partial charge in [-0.1, -0.05) is 107 Å². The predicted octanol–water partition coefficient (Wildman–Crippen LogP) is 7.15. The summed E-state index contributed by atoms with van der Waals surface area (Å²) in [6.07, 6.45) is 7.11. The van der Waals surface area contributed by atoms with Crippen LogP contribution in [-0.4, -0.2) is 5.78 Å². The summed E-state index contributed by atoms with van der Waals surface area (Å²) < 4.78 is 0. The summed E-state index contributed by atoms with van der Waals surface area (Å²) in [5, 5.41) is 0. The van der Waals surface area contributed by atoms with Crippen LogP contribution in [0.15, 0.2) is 34.9 Å². The van der Waals surface area contributed by atoms with Crippen molar-refractivity contribution in [3.8, 4) is 0 Å². The lowest BCUT2D eigenvalue weighted by molar-refractivity contribution is -0.121. The molecule has 1 nitrogen and oxygen atoms in total. The van der Waals surface area contributed by atoms with Gasteiger partial charge in [0.15, 0.2) is 5.78 Å². The van der Waals surface area contributed by atoms with Gasteiger partial charge in [0.25, 0.3) is 0 Å². The van der Waals surface area contributed by atoms with E-state index in [1.54, 1.807) is 0 Å². The molecule has 0 aromatic rings. The third-order valence-electron chi connectivity index (χ3n) is 6.24. The summed E-state index contributed by atoms with van der Waals surface area (Å²) in [5.74, 6) is 0.251.